The van der Waals surface area contributed by atoms with Gasteiger partial charge in [-0.25, -0.2) is 4.79 Å². The Morgan fingerprint density at radius 3 is 2.60 bits per heavy atom. The van der Waals surface area contributed by atoms with E-state index in [4.69, 9.17) is 0 Å². The molecule has 3 rings (SSSR count). The first-order valence-electron chi connectivity index (χ1n) is 6.56. The van der Waals surface area contributed by atoms with Crippen LogP contribution in [-0.4, -0.2) is 48.9 Å². The van der Waals surface area contributed by atoms with Crippen LogP contribution in [0.1, 0.15) is 17.3 Å². The molecule has 2 fully saturated rings. The van der Waals surface area contributed by atoms with Crippen LogP contribution < -0.4 is 10.2 Å². The van der Waals surface area contributed by atoms with Gasteiger partial charge in [-0.2, -0.15) is 0 Å². The quantitative estimate of drug-likeness (QED) is 0.842. The van der Waals surface area contributed by atoms with Gasteiger partial charge in [0.05, 0.1) is 6.04 Å². The Balaban J connectivity index is 0.00000147. The van der Waals surface area contributed by atoms with Crippen molar-refractivity contribution in [1.29, 1.82) is 0 Å². The lowest BCUT2D eigenvalue weighted by atomic mass is 10.1. The van der Waals surface area contributed by atoms with Crippen molar-refractivity contribution in [2.75, 3.05) is 31.1 Å². The summed E-state index contributed by atoms with van der Waals surface area (Å²) in [5.74, 6) is 0.0425. The Morgan fingerprint density at radius 2 is 2.00 bits per heavy atom. The van der Waals surface area contributed by atoms with Crippen LogP contribution in [0, 0.1) is 0 Å². The van der Waals surface area contributed by atoms with Crippen LogP contribution in [0.2, 0.25) is 0 Å². The Bertz CT molecular complexity index is 518. The lowest BCUT2D eigenvalue weighted by Crippen LogP contribution is -2.49. The van der Waals surface area contributed by atoms with Gasteiger partial charge >= 0.3 is 6.03 Å². The number of halogens is 1. The molecule has 1 N–H and O–H groups in total. The van der Waals surface area contributed by atoms with Gasteiger partial charge in [0, 0.05) is 37.4 Å². The Morgan fingerprint density at radius 1 is 1.30 bits per heavy atom. The molecule has 0 unspecified atom stereocenters. The van der Waals surface area contributed by atoms with E-state index in [0.29, 0.717) is 12.1 Å². The molecule has 2 heterocycles. The average Bonchev–Trinajstić information content (AvgIpc) is 2.77. The molecule has 0 aromatic heterocycles. The third-order valence-corrected chi connectivity index (χ3v) is 3.81. The number of amides is 2. The lowest BCUT2D eigenvalue weighted by molar-refractivity contribution is 0.101. The molecule has 0 spiro atoms. The highest BCUT2D eigenvalue weighted by Gasteiger charge is 2.38. The molecule has 5 nitrogen and oxygen atoms in total. The third kappa shape index (κ3) is 2.51. The summed E-state index contributed by atoms with van der Waals surface area (Å²) >= 11 is 0. The van der Waals surface area contributed by atoms with Crippen molar-refractivity contribution in [2.24, 2.45) is 0 Å². The number of fused-ring (bicyclic) bond motifs is 1. The standard InChI is InChI=1S/C14H17N3O2.ClH/c1-10(18)11-2-4-12(5-3-11)17-9-13-8-15-6-7-16(13)14(17)19;/h2-5,13,15H,6-9H2,1H3;1H/t13-;/m0./s1. The topological polar surface area (TPSA) is 52.7 Å². The SMILES string of the molecule is CC(=O)c1ccc(N2C[C@@H]3CNCCN3C2=O)cc1.Cl. The number of nitrogens with zero attached hydrogens (tertiary/aromatic N) is 2. The monoisotopic (exact) mass is 295 g/mol. The fraction of sp³-hybridized carbons (Fsp3) is 0.429. The summed E-state index contributed by atoms with van der Waals surface area (Å²) in [6.07, 6.45) is 0. The van der Waals surface area contributed by atoms with Crippen molar-refractivity contribution in [3.8, 4) is 0 Å². The summed E-state index contributed by atoms with van der Waals surface area (Å²) in [5.41, 5.74) is 1.54. The fourth-order valence-corrected chi connectivity index (χ4v) is 2.71. The van der Waals surface area contributed by atoms with E-state index in [1.54, 1.807) is 24.0 Å². The maximum absolute atomic E-state index is 12.3. The predicted octanol–water partition coefficient (Wildman–Crippen LogP) is 1.52. The van der Waals surface area contributed by atoms with Crippen LogP contribution >= 0.6 is 12.4 Å². The number of rotatable bonds is 2. The van der Waals surface area contributed by atoms with Gasteiger partial charge in [0.15, 0.2) is 5.78 Å². The zero-order chi connectivity index (χ0) is 13.4. The largest absolute Gasteiger partial charge is 0.324 e. The highest BCUT2D eigenvalue weighted by molar-refractivity contribution is 5.97. The van der Waals surface area contributed by atoms with Gasteiger partial charge in [-0.15, -0.1) is 12.4 Å². The second kappa shape index (κ2) is 5.81. The third-order valence-electron chi connectivity index (χ3n) is 3.81. The zero-order valence-corrected chi connectivity index (χ0v) is 12.2. The molecular weight excluding hydrogens is 278 g/mol. The van der Waals surface area contributed by atoms with E-state index in [-0.39, 0.29) is 30.3 Å². The summed E-state index contributed by atoms with van der Waals surface area (Å²) in [5, 5.41) is 3.31. The first kappa shape index (κ1) is 14.8. The summed E-state index contributed by atoms with van der Waals surface area (Å²) in [6.45, 7) is 4.74. The van der Waals surface area contributed by atoms with E-state index < -0.39 is 0 Å². The minimum absolute atomic E-state index is 0. The van der Waals surface area contributed by atoms with Gasteiger partial charge < -0.3 is 10.2 Å². The van der Waals surface area contributed by atoms with Gasteiger partial charge in [-0.1, -0.05) is 0 Å². The fourth-order valence-electron chi connectivity index (χ4n) is 2.71. The van der Waals surface area contributed by atoms with E-state index >= 15 is 0 Å². The van der Waals surface area contributed by atoms with Crippen molar-refractivity contribution >= 4 is 29.9 Å². The van der Waals surface area contributed by atoms with Crippen LogP contribution in [0.25, 0.3) is 0 Å². The van der Waals surface area contributed by atoms with Crippen LogP contribution in [0.5, 0.6) is 0 Å². The highest BCUT2D eigenvalue weighted by Crippen LogP contribution is 2.25. The number of Topliss-reactive ketones (excluding diaryl/α,β-unsaturated/α-hetero) is 1. The number of anilines is 1. The predicted molar refractivity (Wildman–Crippen MR) is 79.8 cm³/mol. The first-order valence-corrected chi connectivity index (χ1v) is 6.56. The van der Waals surface area contributed by atoms with Crippen molar-refractivity contribution < 1.29 is 9.59 Å². The summed E-state index contributed by atoms with van der Waals surface area (Å²) in [6, 6.07) is 7.58. The van der Waals surface area contributed by atoms with Crippen LogP contribution in [0.15, 0.2) is 24.3 Å². The maximum Gasteiger partial charge on any atom is 0.324 e. The maximum atomic E-state index is 12.3. The van der Waals surface area contributed by atoms with E-state index in [1.807, 2.05) is 17.0 Å². The second-order valence-corrected chi connectivity index (χ2v) is 5.05. The first-order chi connectivity index (χ1) is 9.16. The van der Waals surface area contributed by atoms with E-state index in [1.165, 1.54) is 0 Å². The van der Waals surface area contributed by atoms with Crippen LogP contribution in [0.4, 0.5) is 10.5 Å². The average molecular weight is 296 g/mol. The number of piperazine rings is 1. The minimum Gasteiger partial charge on any atom is -0.317 e. The van der Waals surface area contributed by atoms with E-state index in [2.05, 4.69) is 5.32 Å². The van der Waals surface area contributed by atoms with Gasteiger partial charge in [-0.3, -0.25) is 9.69 Å². The molecule has 1 aromatic rings. The second-order valence-electron chi connectivity index (χ2n) is 5.05. The molecule has 1 aromatic carbocycles. The van der Waals surface area contributed by atoms with Crippen LogP contribution in [0.3, 0.4) is 0 Å². The smallest absolute Gasteiger partial charge is 0.317 e. The molecule has 0 aliphatic carbocycles. The molecule has 2 aliphatic rings. The zero-order valence-electron chi connectivity index (χ0n) is 11.3. The Kier molecular flexibility index (Phi) is 4.30. The van der Waals surface area contributed by atoms with Gasteiger partial charge in [0.1, 0.15) is 0 Å². The Labute approximate surface area is 124 Å². The normalized spacial score (nSPS) is 21.4. The number of carbonyl (C=O) groups is 2. The van der Waals surface area contributed by atoms with Crippen molar-refractivity contribution in [3.63, 3.8) is 0 Å². The van der Waals surface area contributed by atoms with Crippen molar-refractivity contribution in [1.82, 2.24) is 10.2 Å². The molecule has 2 saturated heterocycles. The van der Waals surface area contributed by atoms with Gasteiger partial charge in [-0.05, 0) is 31.2 Å². The number of hydrogen-bond donors (Lipinski definition) is 1. The number of nitrogens with one attached hydrogen (secondary N) is 1. The number of carbonyl (C=O) groups excluding carboxylic acids is 2. The van der Waals surface area contributed by atoms with Gasteiger partial charge in [0.25, 0.3) is 0 Å². The molecule has 0 radical (unpaired) electrons. The van der Waals surface area contributed by atoms with E-state index in [9.17, 15) is 9.59 Å². The van der Waals surface area contributed by atoms with E-state index in [0.717, 1.165) is 25.3 Å². The summed E-state index contributed by atoms with van der Waals surface area (Å²) in [7, 11) is 0. The molecule has 0 saturated carbocycles. The minimum atomic E-state index is 0. The lowest BCUT2D eigenvalue weighted by Gasteiger charge is -2.28. The molecule has 2 aliphatic heterocycles. The number of urea groups is 1. The molecule has 0 bridgehead atoms. The molecule has 2 amide bonds. The number of benzene rings is 1. The Hall–Kier alpha value is -1.59. The molecule has 1 atom stereocenters. The molecular formula is C14H18ClN3O2. The molecule has 108 valence electrons. The molecule has 6 heteroatoms. The number of ketones is 1. The summed E-state index contributed by atoms with van der Waals surface area (Å²) < 4.78 is 0. The van der Waals surface area contributed by atoms with Crippen molar-refractivity contribution in [3.05, 3.63) is 29.8 Å². The van der Waals surface area contributed by atoms with Crippen LogP contribution in [-0.2, 0) is 0 Å². The van der Waals surface area contributed by atoms with Crippen molar-refractivity contribution in [2.45, 2.75) is 13.0 Å². The van der Waals surface area contributed by atoms with Gasteiger partial charge in [0.2, 0.25) is 0 Å². The summed E-state index contributed by atoms with van der Waals surface area (Å²) in [4.78, 5) is 27.3. The number of hydrogen-bond acceptors (Lipinski definition) is 3. The highest BCUT2D eigenvalue weighted by atomic mass is 35.5. The molecule has 20 heavy (non-hydrogen) atoms.